The lowest BCUT2D eigenvalue weighted by Crippen LogP contribution is -2.11. The topological polar surface area (TPSA) is 68.0 Å². The third kappa shape index (κ3) is 3.12. The van der Waals surface area contributed by atoms with E-state index in [1.807, 2.05) is 17.5 Å². The van der Waals surface area contributed by atoms with Crippen LogP contribution in [0.3, 0.4) is 0 Å². The molecule has 0 saturated heterocycles. The minimum atomic E-state index is -0.140. The van der Waals surface area contributed by atoms with E-state index < -0.39 is 0 Å². The zero-order valence-corrected chi connectivity index (χ0v) is 10.0. The van der Waals surface area contributed by atoms with E-state index in [9.17, 15) is 4.79 Å². The number of thiazole rings is 1. The molecule has 0 aliphatic carbocycles. The number of anilines is 1. The molecule has 1 heterocycles. The Kier molecular flexibility index (Phi) is 3.85. The summed E-state index contributed by atoms with van der Waals surface area (Å²) in [5.74, 6) is -0.140. The van der Waals surface area contributed by atoms with Crippen molar-refractivity contribution in [1.29, 1.82) is 0 Å². The molecule has 3 N–H and O–H groups in total. The van der Waals surface area contributed by atoms with Crippen LogP contribution in [0.4, 0.5) is 5.13 Å². The molecule has 0 aliphatic rings. The lowest BCUT2D eigenvalue weighted by Gasteiger charge is -2.03. The van der Waals surface area contributed by atoms with Crippen molar-refractivity contribution in [2.45, 2.75) is 6.42 Å². The number of nitrogens with two attached hydrogens (primary N) is 1. The number of carbonyl (C=O) groups is 1. The number of hydrogen-bond acceptors (Lipinski definition) is 4. The Morgan fingerprint density at radius 2 is 2.12 bits per heavy atom. The van der Waals surface area contributed by atoms with Gasteiger partial charge in [0.1, 0.15) is 0 Å². The van der Waals surface area contributed by atoms with E-state index in [-0.39, 0.29) is 5.91 Å². The first-order valence-corrected chi connectivity index (χ1v) is 6.17. The van der Waals surface area contributed by atoms with E-state index in [0.717, 1.165) is 12.0 Å². The molecule has 88 valence electrons. The Morgan fingerprint density at radius 1 is 1.35 bits per heavy atom. The molecule has 1 aromatic heterocycles. The average Bonchev–Trinajstić information content (AvgIpc) is 2.83. The van der Waals surface area contributed by atoms with Gasteiger partial charge in [0.05, 0.1) is 0 Å². The largest absolute Gasteiger partial charge is 0.330 e. The average molecular weight is 247 g/mol. The van der Waals surface area contributed by atoms with Crippen molar-refractivity contribution < 1.29 is 4.79 Å². The predicted molar refractivity (Wildman–Crippen MR) is 69.3 cm³/mol. The number of nitrogens with zero attached hydrogens (tertiary/aromatic N) is 1. The van der Waals surface area contributed by atoms with E-state index in [1.165, 1.54) is 11.3 Å². The smallest absolute Gasteiger partial charge is 0.257 e. The molecule has 0 radical (unpaired) electrons. The van der Waals surface area contributed by atoms with Crippen LogP contribution in [0.15, 0.2) is 35.8 Å². The van der Waals surface area contributed by atoms with Gasteiger partial charge in [0, 0.05) is 17.1 Å². The number of aromatic nitrogens is 1. The summed E-state index contributed by atoms with van der Waals surface area (Å²) in [5, 5.41) is 5.16. The Labute approximate surface area is 103 Å². The van der Waals surface area contributed by atoms with Crippen LogP contribution in [-0.4, -0.2) is 17.4 Å². The van der Waals surface area contributed by atoms with Crippen molar-refractivity contribution in [3.63, 3.8) is 0 Å². The van der Waals surface area contributed by atoms with E-state index in [0.29, 0.717) is 17.2 Å². The lowest BCUT2D eigenvalue weighted by atomic mass is 10.1. The zero-order chi connectivity index (χ0) is 12.1. The van der Waals surface area contributed by atoms with Gasteiger partial charge in [0.15, 0.2) is 5.13 Å². The van der Waals surface area contributed by atoms with Crippen molar-refractivity contribution in [2.24, 2.45) is 5.73 Å². The van der Waals surface area contributed by atoms with Gasteiger partial charge in [0.2, 0.25) is 0 Å². The van der Waals surface area contributed by atoms with Crippen LogP contribution < -0.4 is 11.1 Å². The number of carbonyl (C=O) groups excluding carboxylic acids is 1. The number of amides is 1. The third-order valence-corrected chi connectivity index (χ3v) is 2.99. The monoisotopic (exact) mass is 247 g/mol. The van der Waals surface area contributed by atoms with Crippen LogP contribution in [0.5, 0.6) is 0 Å². The standard InChI is InChI=1S/C12H13N3OS/c13-6-5-9-1-3-10(4-2-9)11(16)15-12-14-7-8-17-12/h1-4,7-8H,5-6,13H2,(H,14,15,16). The Morgan fingerprint density at radius 3 is 2.71 bits per heavy atom. The Hall–Kier alpha value is -1.72. The van der Waals surface area contributed by atoms with Crippen LogP contribution in [0.1, 0.15) is 15.9 Å². The number of nitrogens with one attached hydrogen (secondary N) is 1. The van der Waals surface area contributed by atoms with Crippen molar-refractivity contribution in [3.05, 3.63) is 47.0 Å². The van der Waals surface area contributed by atoms with Gasteiger partial charge in [-0.15, -0.1) is 11.3 Å². The van der Waals surface area contributed by atoms with Gasteiger partial charge in [-0.25, -0.2) is 4.98 Å². The Balaban J connectivity index is 2.04. The molecular formula is C12H13N3OS. The molecule has 0 spiro atoms. The van der Waals surface area contributed by atoms with E-state index in [2.05, 4.69) is 10.3 Å². The maximum Gasteiger partial charge on any atom is 0.257 e. The van der Waals surface area contributed by atoms with Crippen LogP contribution in [-0.2, 0) is 6.42 Å². The summed E-state index contributed by atoms with van der Waals surface area (Å²) in [4.78, 5) is 15.8. The molecule has 0 unspecified atom stereocenters. The summed E-state index contributed by atoms with van der Waals surface area (Å²) in [6, 6.07) is 7.44. The number of rotatable bonds is 4. The predicted octanol–water partition coefficient (Wildman–Crippen LogP) is 1.90. The van der Waals surface area contributed by atoms with Crippen LogP contribution >= 0.6 is 11.3 Å². The van der Waals surface area contributed by atoms with Gasteiger partial charge >= 0.3 is 0 Å². The molecule has 1 aromatic carbocycles. The normalized spacial score (nSPS) is 10.2. The van der Waals surface area contributed by atoms with Gasteiger partial charge in [-0.3, -0.25) is 10.1 Å². The third-order valence-electron chi connectivity index (χ3n) is 2.30. The van der Waals surface area contributed by atoms with Gasteiger partial charge in [-0.05, 0) is 30.7 Å². The molecule has 4 nitrogen and oxygen atoms in total. The van der Waals surface area contributed by atoms with Gasteiger partial charge < -0.3 is 5.73 Å². The molecule has 2 aromatic rings. The maximum absolute atomic E-state index is 11.8. The van der Waals surface area contributed by atoms with E-state index >= 15 is 0 Å². The molecule has 5 heteroatoms. The second-order valence-electron chi connectivity index (χ2n) is 3.53. The number of hydrogen-bond donors (Lipinski definition) is 2. The van der Waals surface area contributed by atoms with E-state index in [4.69, 9.17) is 5.73 Å². The Bertz CT molecular complexity index is 479. The first-order valence-electron chi connectivity index (χ1n) is 5.29. The second kappa shape index (κ2) is 5.56. The molecule has 0 aliphatic heterocycles. The van der Waals surface area contributed by atoms with Crippen LogP contribution in [0.25, 0.3) is 0 Å². The molecule has 0 bridgehead atoms. The van der Waals surface area contributed by atoms with Crippen molar-refractivity contribution in [3.8, 4) is 0 Å². The molecule has 1 amide bonds. The lowest BCUT2D eigenvalue weighted by molar-refractivity contribution is 0.102. The molecular weight excluding hydrogens is 234 g/mol. The minimum Gasteiger partial charge on any atom is -0.330 e. The highest BCUT2D eigenvalue weighted by Gasteiger charge is 2.06. The summed E-state index contributed by atoms with van der Waals surface area (Å²) in [6.07, 6.45) is 2.49. The quantitative estimate of drug-likeness (QED) is 0.867. The summed E-state index contributed by atoms with van der Waals surface area (Å²) < 4.78 is 0. The highest BCUT2D eigenvalue weighted by molar-refractivity contribution is 7.13. The summed E-state index contributed by atoms with van der Waals surface area (Å²) in [5.41, 5.74) is 7.23. The highest BCUT2D eigenvalue weighted by Crippen LogP contribution is 2.12. The van der Waals surface area contributed by atoms with Crippen molar-refractivity contribution in [1.82, 2.24) is 4.98 Å². The van der Waals surface area contributed by atoms with Crippen LogP contribution in [0.2, 0.25) is 0 Å². The molecule has 0 fully saturated rings. The first kappa shape index (κ1) is 11.8. The fourth-order valence-corrected chi connectivity index (χ4v) is 1.97. The minimum absolute atomic E-state index is 0.140. The molecule has 0 atom stereocenters. The molecule has 2 rings (SSSR count). The first-order chi connectivity index (χ1) is 8.29. The highest BCUT2D eigenvalue weighted by atomic mass is 32.1. The molecule has 17 heavy (non-hydrogen) atoms. The van der Waals surface area contributed by atoms with Crippen LogP contribution in [0, 0.1) is 0 Å². The summed E-state index contributed by atoms with van der Waals surface area (Å²) >= 11 is 1.40. The zero-order valence-electron chi connectivity index (χ0n) is 9.22. The van der Waals surface area contributed by atoms with Crippen molar-refractivity contribution in [2.75, 3.05) is 11.9 Å². The SMILES string of the molecule is NCCc1ccc(C(=O)Nc2nccs2)cc1. The van der Waals surface area contributed by atoms with Gasteiger partial charge in [-0.1, -0.05) is 12.1 Å². The fraction of sp³-hybridized carbons (Fsp3) is 0.167. The van der Waals surface area contributed by atoms with Gasteiger partial charge in [0.25, 0.3) is 5.91 Å². The summed E-state index contributed by atoms with van der Waals surface area (Å²) in [7, 11) is 0. The summed E-state index contributed by atoms with van der Waals surface area (Å²) in [6.45, 7) is 0.616. The number of benzene rings is 1. The fourth-order valence-electron chi connectivity index (χ4n) is 1.44. The van der Waals surface area contributed by atoms with Crippen molar-refractivity contribution >= 4 is 22.4 Å². The van der Waals surface area contributed by atoms with E-state index in [1.54, 1.807) is 18.3 Å². The second-order valence-corrected chi connectivity index (χ2v) is 4.42. The molecule has 0 saturated carbocycles. The maximum atomic E-state index is 11.8. The van der Waals surface area contributed by atoms with Gasteiger partial charge in [-0.2, -0.15) is 0 Å².